The van der Waals surface area contributed by atoms with Gasteiger partial charge < -0.3 is 23.7 Å². The van der Waals surface area contributed by atoms with Crippen molar-refractivity contribution in [2.45, 2.75) is 131 Å². The molecule has 5 nitrogen and oxygen atoms in total. The molecule has 0 radical (unpaired) electrons. The molecule has 0 saturated heterocycles. The predicted octanol–water partition coefficient (Wildman–Crippen LogP) is 12.2. The Labute approximate surface area is 288 Å². The zero-order valence-corrected chi connectivity index (χ0v) is 33.2. The molecule has 0 amide bonds. The summed E-state index contributed by atoms with van der Waals surface area (Å²) in [6, 6.07) is 13.3. The highest BCUT2D eigenvalue weighted by molar-refractivity contribution is 7.34. The molecule has 0 spiro atoms. The predicted molar refractivity (Wildman–Crippen MR) is 205 cm³/mol. The van der Waals surface area contributed by atoms with Crippen molar-refractivity contribution in [2.75, 3.05) is 0 Å². The Bertz CT molecular complexity index is 1640. The van der Waals surface area contributed by atoms with Gasteiger partial charge in [0.15, 0.2) is 23.0 Å². The summed E-state index contributed by atoms with van der Waals surface area (Å²) in [6.07, 6.45) is 9.26. The minimum absolute atomic E-state index is 0.0674. The molecule has 0 saturated carbocycles. The monoisotopic (exact) mass is 676 g/mol. The number of nitrogens with one attached hydrogen (secondary N) is 1. The summed E-state index contributed by atoms with van der Waals surface area (Å²) in [5.41, 5.74) is 6.68. The van der Waals surface area contributed by atoms with Crippen LogP contribution in [0.5, 0.6) is 23.0 Å². The summed E-state index contributed by atoms with van der Waals surface area (Å²) >= 11 is 0. The fraction of sp³-hybridized carbons (Fsp3) is 0.500. The van der Waals surface area contributed by atoms with Crippen molar-refractivity contribution in [3.8, 4) is 23.0 Å². The van der Waals surface area contributed by atoms with Crippen molar-refractivity contribution in [3.63, 3.8) is 0 Å². The number of aryl methyl sites for hydroxylation is 1. The fourth-order valence-electron chi connectivity index (χ4n) is 5.92. The van der Waals surface area contributed by atoms with Gasteiger partial charge in [-0.15, -0.1) is 0 Å². The van der Waals surface area contributed by atoms with Crippen molar-refractivity contribution in [1.29, 1.82) is 0 Å². The Hall–Kier alpha value is -2.74. The van der Waals surface area contributed by atoms with Gasteiger partial charge in [-0.1, -0.05) is 79.7 Å². The van der Waals surface area contributed by atoms with E-state index < -0.39 is 0 Å². The standard InChI is InChI=1S/C40H58N2O3P2/c1-15-17-19-27(5)41-40(14,16-2)47-45-34-25-30(37(7,8)9)24-32-36(34)43-35-31(38(32,10)11)22-29(26(3)4)23-33(35)44-46-39(12,13)42-21-18-20-28(42)6/h15,17-26,41,46-47H,16H2,1-14H3/b17-15+,27-19-. The summed E-state index contributed by atoms with van der Waals surface area (Å²) in [5, 5.41) is 3.26. The molecule has 2 heterocycles. The molecule has 4 rings (SSSR count). The first-order valence-corrected chi connectivity index (χ1v) is 18.8. The van der Waals surface area contributed by atoms with E-state index in [4.69, 9.17) is 13.8 Å². The number of benzene rings is 2. The smallest absolute Gasteiger partial charge is 0.173 e. The van der Waals surface area contributed by atoms with Crippen LogP contribution in [-0.2, 0) is 16.1 Å². The van der Waals surface area contributed by atoms with Gasteiger partial charge in [0, 0.05) is 34.1 Å². The number of hydrogen-bond acceptors (Lipinski definition) is 4. The lowest BCUT2D eigenvalue weighted by Gasteiger charge is -2.39. The van der Waals surface area contributed by atoms with Gasteiger partial charge in [-0.3, -0.25) is 0 Å². The topological polar surface area (TPSA) is 44.6 Å². The maximum atomic E-state index is 7.00. The maximum Gasteiger partial charge on any atom is 0.173 e. The van der Waals surface area contributed by atoms with E-state index in [0.717, 1.165) is 46.2 Å². The second kappa shape index (κ2) is 14.0. The van der Waals surface area contributed by atoms with Crippen LogP contribution < -0.4 is 19.1 Å². The third-order valence-corrected chi connectivity index (χ3v) is 11.6. The average molecular weight is 677 g/mol. The first kappa shape index (κ1) is 37.1. The SMILES string of the molecule is C/C=C/C=C(/C)NC(C)(CC)POc1cc(C(C)(C)C)cc2c1Oc1c(OPC(C)(C)n3cccc3C)cc(C(C)C)cc1C2(C)C. The first-order chi connectivity index (χ1) is 21.8. The molecule has 1 aliphatic rings. The molecule has 2 aromatic carbocycles. The molecule has 0 aliphatic carbocycles. The molecule has 3 aromatic rings. The van der Waals surface area contributed by atoms with Gasteiger partial charge in [0.05, 0.1) is 28.2 Å². The molecule has 3 unspecified atom stereocenters. The molecule has 1 N–H and O–H groups in total. The molecule has 256 valence electrons. The van der Waals surface area contributed by atoms with E-state index in [1.165, 1.54) is 16.8 Å². The number of nitrogens with zero attached hydrogens (tertiary/aromatic N) is 1. The number of hydrogen-bond donors (Lipinski definition) is 1. The Balaban J connectivity index is 1.81. The normalized spacial score (nSPS) is 16.5. The van der Waals surface area contributed by atoms with Crippen LogP contribution in [0, 0.1) is 6.92 Å². The van der Waals surface area contributed by atoms with E-state index in [1.807, 2.05) is 13.0 Å². The molecular weight excluding hydrogens is 618 g/mol. The molecule has 1 aliphatic heterocycles. The molecule has 0 bridgehead atoms. The van der Waals surface area contributed by atoms with E-state index in [9.17, 15) is 0 Å². The Morgan fingerprint density at radius 1 is 0.979 bits per heavy atom. The second-order valence-electron chi connectivity index (χ2n) is 15.6. The van der Waals surface area contributed by atoms with Gasteiger partial charge >= 0.3 is 0 Å². The highest BCUT2D eigenvalue weighted by Crippen LogP contribution is 2.58. The van der Waals surface area contributed by atoms with Crippen molar-refractivity contribution in [1.82, 2.24) is 9.88 Å². The minimum Gasteiger partial charge on any atom is -0.471 e. The number of fused-ring (bicyclic) bond motifs is 2. The lowest BCUT2D eigenvalue weighted by Crippen LogP contribution is -2.36. The van der Waals surface area contributed by atoms with E-state index in [-0.39, 0.29) is 39.0 Å². The number of allylic oxidation sites excluding steroid dienone is 4. The van der Waals surface area contributed by atoms with Crippen LogP contribution in [0.1, 0.15) is 130 Å². The van der Waals surface area contributed by atoms with E-state index in [0.29, 0.717) is 5.92 Å². The van der Waals surface area contributed by atoms with E-state index in [1.54, 1.807) is 0 Å². The molecule has 0 fully saturated rings. The average Bonchev–Trinajstić information content (AvgIpc) is 3.44. The largest absolute Gasteiger partial charge is 0.471 e. The van der Waals surface area contributed by atoms with E-state index in [2.05, 4.69) is 155 Å². The van der Waals surface area contributed by atoms with Gasteiger partial charge in [-0.05, 0) is 101 Å². The third-order valence-electron chi connectivity index (χ3n) is 9.29. The highest BCUT2D eigenvalue weighted by Gasteiger charge is 2.40. The van der Waals surface area contributed by atoms with Crippen LogP contribution in [0.2, 0.25) is 0 Å². The molecule has 3 atom stereocenters. The fourth-order valence-corrected chi connectivity index (χ4v) is 7.66. The number of aromatic nitrogens is 1. The summed E-state index contributed by atoms with van der Waals surface area (Å²) < 4.78 is 22.9. The van der Waals surface area contributed by atoms with Gasteiger partial charge in [-0.2, -0.15) is 0 Å². The van der Waals surface area contributed by atoms with Crippen molar-refractivity contribution in [2.24, 2.45) is 0 Å². The zero-order valence-electron chi connectivity index (χ0n) is 31.2. The first-order valence-electron chi connectivity index (χ1n) is 17.0. The van der Waals surface area contributed by atoms with Gasteiger partial charge in [0.2, 0.25) is 0 Å². The molecule has 7 heteroatoms. The van der Waals surface area contributed by atoms with E-state index >= 15 is 0 Å². The Kier molecular flexibility index (Phi) is 11.1. The van der Waals surface area contributed by atoms with Crippen molar-refractivity contribution < 1.29 is 13.8 Å². The van der Waals surface area contributed by atoms with Crippen LogP contribution in [-0.4, -0.2) is 9.85 Å². The van der Waals surface area contributed by atoms with Crippen LogP contribution in [0.3, 0.4) is 0 Å². The van der Waals surface area contributed by atoms with Gasteiger partial charge in [0.25, 0.3) is 0 Å². The van der Waals surface area contributed by atoms with Crippen molar-refractivity contribution >= 4 is 17.6 Å². The van der Waals surface area contributed by atoms with Crippen LogP contribution in [0.25, 0.3) is 0 Å². The quantitative estimate of drug-likeness (QED) is 0.153. The second-order valence-corrected chi connectivity index (χ2v) is 18.7. The Morgan fingerprint density at radius 3 is 2.15 bits per heavy atom. The highest BCUT2D eigenvalue weighted by atomic mass is 31.1. The minimum atomic E-state index is -0.345. The van der Waals surface area contributed by atoms with Crippen molar-refractivity contribution in [3.05, 3.63) is 94.5 Å². The number of ether oxygens (including phenoxy) is 1. The summed E-state index contributed by atoms with van der Waals surface area (Å²) in [5.74, 6) is 3.49. The summed E-state index contributed by atoms with van der Waals surface area (Å²) in [7, 11) is 0.354. The Morgan fingerprint density at radius 2 is 1.60 bits per heavy atom. The summed E-state index contributed by atoms with van der Waals surface area (Å²) in [6.45, 7) is 31.0. The van der Waals surface area contributed by atoms with Crippen LogP contribution >= 0.6 is 17.6 Å². The molecule has 1 aromatic heterocycles. The maximum absolute atomic E-state index is 7.00. The summed E-state index contributed by atoms with van der Waals surface area (Å²) in [4.78, 5) is 0. The third kappa shape index (κ3) is 8.12. The zero-order chi connectivity index (χ0) is 34.9. The lowest BCUT2D eigenvalue weighted by molar-refractivity contribution is 0.380. The molecule has 47 heavy (non-hydrogen) atoms. The number of rotatable bonds is 12. The van der Waals surface area contributed by atoms with Gasteiger partial charge in [-0.25, -0.2) is 0 Å². The van der Waals surface area contributed by atoms with Crippen LogP contribution in [0.15, 0.2) is 66.5 Å². The van der Waals surface area contributed by atoms with Gasteiger partial charge in [0.1, 0.15) is 0 Å². The molecular formula is C40H58N2O3P2. The lowest BCUT2D eigenvalue weighted by atomic mass is 9.72. The van der Waals surface area contributed by atoms with Crippen LogP contribution in [0.4, 0.5) is 0 Å².